The zero-order valence-corrected chi connectivity index (χ0v) is 14.0. The summed E-state index contributed by atoms with van der Waals surface area (Å²) < 4.78 is 0. The van der Waals surface area contributed by atoms with Gasteiger partial charge in [-0.1, -0.05) is 36.4 Å². The molecule has 3 rings (SSSR count). The van der Waals surface area contributed by atoms with Gasteiger partial charge in [0.25, 0.3) is 0 Å². The largest absolute Gasteiger partial charge is 1.00 e. The number of carbonyl (C=O) groups is 1. The summed E-state index contributed by atoms with van der Waals surface area (Å²) in [5, 5.41) is 20.5. The van der Waals surface area contributed by atoms with Gasteiger partial charge in [-0.15, -0.1) is 0 Å². The average Bonchev–Trinajstić information content (AvgIpc) is 2.82. The molecule has 1 aliphatic carbocycles. The molecule has 0 spiro atoms. The number of aliphatic carboxylic acids is 1. The van der Waals surface area contributed by atoms with Crippen molar-refractivity contribution in [2.75, 3.05) is 0 Å². The molecule has 0 radical (unpaired) electrons. The minimum absolute atomic E-state index is 0. The zero-order valence-electron chi connectivity index (χ0n) is 12.0. The number of hydrogen-bond acceptors (Lipinski definition) is 3. The Labute approximate surface area is 145 Å². The van der Waals surface area contributed by atoms with E-state index in [1.54, 1.807) is 0 Å². The molecule has 4 heteroatoms. The molecular weight excluding hydrogens is 275 g/mol. The Bertz CT molecular complexity index is 667. The van der Waals surface area contributed by atoms with Crippen LogP contribution in [0, 0.1) is 0 Å². The van der Waals surface area contributed by atoms with Gasteiger partial charge in [-0.2, -0.15) is 0 Å². The van der Waals surface area contributed by atoms with Crippen molar-refractivity contribution in [3.05, 3.63) is 59.2 Å². The fraction of sp³-hybridized carbons (Fsp3) is 0.235. The molecule has 2 aromatic rings. The minimum Gasteiger partial charge on any atom is -0.550 e. The van der Waals surface area contributed by atoms with Crippen molar-refractivity contribution in [3.63, 3.8) is 0 Å². The van der Waals surface area contributed by atoms with E-state index in [1.165, 1.54) is 16.7 Å². The molecule has 1 atom stereocenters. The first-order chi connectivity index (χ1) is 9.65. The maximum Gasteiger partial charge on any atom is 1.00 e. The van der Waals surface area contributed by atoms with Gasteiger partial charge in [-0.25, -0.2) is 0 Å². The summed E-state index contributed by atoms with van der Waals surface area (Å²) in [5.41, 5.74) is 5.66. The van der Waals surface area contributed by atoms with E-state index >= 15 is 0 Å². The van der Waals surface area contributed by atoms with E-state index in [2.05, 4.69) is 12.1 Å². The number of carbonyl (C=O) groups excluding carboxylic acids is 1. The van der Waals surface area contributed by atoms with Crippen LogP contribution in [0.2, 0.25) is 0 Å². The van der Waals surface area contributed by atoms with E-state index in [9.17, 15) is 15.0 Å². The number of benzene rings is 2. The first kappa shape index (κ1) is 16.2. The molecule has 0 bridgehead atoms. The van der Waals surface area contributed by atoms with E-state index in [0.717, 1.165) is 17.5 Å². The topological polar surface area (TPSA) is 60.4 Å². The average molecular weight is 290 g/mol. The number of hydrogen-bond donors (Lipinski definition) is 1. The Morgan fingerprint density at radius 2 is 1.86 bits per heavy atom. The summed E-state index contributed by atoms with van der Waals surface area (Å²) in [6.07, 6.45) is 0.212. The normalized spacial score (nSPS) is 13.0. The molecule has 102 valence electrons. The maximum absolute atomic E-state index is 10.5. The molecule has 0 aromatic heterocycles. The van der Waals surface area contributed by atoms with E-state index in [4.69, 9.17) is 0 Å². The van der Waals surface area contributed by atoms with Crippen LogP contribution < -0.4 is 34.7 Å². The number of fused-ring (bicyclic) bond motifs is 3. The van der Waals surface area contributed by atoms with Crippen LogP contribution in [-0.2, 0) is 11.2 Å². The number of carboxylic acids is 1. The molecule has 0 saturated carbocycles. The standard InChI is InChI=1S/C17H16O3.Na/c18-16(7-8-17(19)20)13-6-5-12-9-11-3-1-2-4-14(11)15(12)10-13;/h1-6,10,16,18H,7-9H2,(H,19,20);/q;+1/p-1. The summed E-state index contributed by atoms with van der Waals surface area (Å²) in [6.45, 7) is 0. The third-order valence-electron chi connectivity index (χ3n) is 3.83. The van der Waals surface area contributed by atoms with E-state index in [-0.39, 0.29) is 42.4 Å². The third kappa shape index (κ3) is 3.38. The van der Waals surface area contributed by atoms with Crippen LogP contribution >= 0.6 is 0 Å². The molecule has 2 aromatic carbocycles. The van der Waals surface area contributed by atoms with Crippen LogP contribution in [0.4, 0.5) is 0 Å². The monoisotopic (exact) mass is 290 g/mol. The van der Waals surface area contributed by atoms with Gasteiger partial charge >= 0.3 is 29.6 Å². The van der Waals surface area contributed by atoms with Gasteiger partial charge in [0.05, 0.1) is 6.10 Å². The van der Waals surface area contributed by atoms with Gasteiger partial charge in [0, 0.05) is 5.97 Å². The van der Waals surface area contributed by atoms with Crippen molar-refractivity contribution in [1.29, 1.82) is 0 Å². The minimum atomic E-state index is -1.13. The predicted octanol–water partition coefficient (Wildman–Crippen LogP) is -1.17. The second-order valence-corrected chi connectivity index (χ2v) is 5.18. The van der Waals surface area contributed by atoms with E-state index in [1.807, 2.05) is 30.3 Å². The third-order valence-corrected chi connectivity index (χ3v) is 3.83. The molecule has 0 aliphatic heterocycles. The fourth-order valence-electron chi connectivity index (χ4n) is 2.77. The molecule has 0 saturated heterocycles. The Balaban J connectivity index is 0.00000161. The SMILES string of the molecule is O=C([O-])CCC(O)c1ccc2c(c1)-c1ccccc1C2.[Na+]. The Morgan fingerprint density at radius 3 is 2.62 bits per heavy atom. The van der Waals surface area contributed by atoms with Crippen molar-refractivity contribution in [2.24, 2.45) is 0 Å². The van der Waals surface area contributed by atoms with Crippen LogP contribution in [0.25, 0.3) is 11.1 Å². The number of carboxylic acid groups (broad SMARTS) is 1. The number of aliphatic hydroxyl groups is 1. The number of aliphatic hydroxyl groups excluding tert-OH is 1. The van der Waals surface area contributed by atoms with Crippen LogP contribution in [0.5, 0.6) is 0 Å². The molecule has 1 N–H and O–H groups in total. The van der Waals surface area contributed by atoms with Crippen molar-refractivity contribution in [3.8, 4) is 11.1 Å². The Morgan fingerprint density at radius 1 is 1.14 bits per heavy atom. The summed E-state index contributed by atoms with van der Waals surface area (Å²) >= 11 is 0. The summed E-state index contributed by atoms with van der Waals surface area (Å²) in [4.78, 5) is 10.5. The first-order valence-corrected chi connectivity index (χ1v) is 6.74. The van der Waals surface area contributed by atoms with Crippen LogP contribution in [-0.4, -0.2) is 11.1 Å². The molecule has 0 heterocycles. The van der Waals surface area contributed by atoms with Crippen LogP contribution in [0.15, 0.2) is 42.5 Å². The molecule has 1 unspecified atom stereocenters. The Kier molecular flexibility index (Phi) is 5.22. The van der Waals surface area contributed by atoms with Crippen molar-refractivity contribution < 1.29 is 44.6 Å². The molecule has 3 nitrogen and oxygen atoms in total. The van der Waals surface area contributed by atoms with Crippen molar-refractivity contribution in [2.45, 2.75) is 25.4 Å². The zero-order chi connectivity index (χ0) is 14.1. The van der Waals surface area contributed by atoms with Crippen molar-refractivity contribution in [1.82, 2.24) is 0 Å². The first-order valence-electron chi connectivity index (χ1n) is 6.74. The summed E-state index contributed by atoms with van der Waals surface area (Å²) in [5.74, 6) is -1.13. The smallest absolute Gasteiger partial charge is 0.550 e. The van der Waals surface area contributed by atoms with Crippen LogP contribution in [0.1, 0.15) is 35.6 Å². The predicted molar refractivity (Wildman–Crippen MR) is 73.9 cm³/mol. The van der Waals surface area contributed by atoms with E-state index in [0.29, 0.717) is 0 Å². The number of rotatable bonds is 4. The summed E-state index contributed by atoms with van der Waals surface area (Å²) in [6, 6.07) is 14.1. The van der Waals surface area contributed by atoms with Gasteiger partial charge in [0.15, 0.2) is 0 Å². The molecule has 0 amide bonds. The van der Waals surface area contributed by atoms with Crippen molar-refractivity contribution >= 4 is 5.97 Å². The molecule has 0 fully saturated rings. The van der Waals surface area contributed by atoms with Gasteiger partial charge < -0.3 is 15.0 Å². The Hall–Kier alpha value is -1.13. The van der Waals surface area contributed by atoms with Gasteiger partial charge in [0.1, 0.15) is 0 Å². The van der Waals surface area contributed by atoms with Gasteiger partial charge in [-0.3, -0.25) is 0 Å². The van der Waals surface area contributed by atoms with Gasteiger partial charge in [-0.05, 0) is 53.1 Å². The van der Waals surface area contributed by atoms with E-state index < -0.39 is 12.1 Å². The molecule has 21 heavy (non-hydrogen) atoms. The molecular formula is C17H15NaO3. The fourth-order valence-corrected chi connectivity index (χ4v) is 2.77. The van der Waals surface area contributed by atoms with Crippen LogP contribution in [0.3, 0.4) is 0 Å². The second kappa shape index (κ2) is 6.75. The quantitative estimate of drug-likeness (QED) is 0.616. The summed E-state index contributed by atoms with van der Waals surface area (Å²) in [7, 11) is 0. The maximum atomic E-state index is 10.5. The van der Waals surface area contributed by atoms with Gasteiger partial charge in [0.2, 0.25) is 0 Å². The molecule has 1 aliphatic rings. The second-order valence-electron chi connectivity index (χ2n) is 5.18.